The highest BCUT2D eigenvalue weighted by Crippen LogP contribution is 2.23. The lowest BCUT2D eigenvalue weighted by molar-refractivity contribution is 0.190. The number of aliphatic hydroxyl groups is 1. The van der Waals surface area contributed by atoms with Crippen LogP contribution in [0, 0.1) is 11.3 Å². The predicted octanol–water partition coefficient (Wildman–Crippen LogP) is 2.16. The summed E-state index contributed by atoms with van der Waals surface area (Å²) in [5, 5.41) is 22.6. The maximum absolute atomic E-state index is 9.20. The Balaban J connectivity index is 2.27. The lowest BCUT2D eigenvalue weighted by Crippen LogP contribution is -2.27. The molecule has 0 unspecified atom stereocenters. The molecule has 5 nitrogen and oxygen atoms in total. The van der Waals surface area contributed by atoms with Crippen molar-refractivity contribution in [1.82, 2.24) is 14.7 Å². The molecule has 5 heteroatoms. The molecule has 0 amide bonds. The second-order valence-corrected chi connectivity index (χ2v) is 5.37. The molecular formula is C17H22N4O. The predicted molar refractivity (Wildman–Crippen MR) is 86.0 cm³/mol. The average Bonchev–Trinajstić information content (AvgIpc) is 2.88. The summed E-state index contributed by atoms with van der Waals surface area (Å²) in [5.41, 5.74) is 3.73. The fourth-order valence-electron chi connectivity index (χ4n) is 2.57. The Morgan fingerprint density at radius 1 is 1.27 bits per heavy atom. The van der Waals surface area contributed by atoms with Gasteiger partial charge < -0.3 is 5.11 Å². The van der Waals surface area contributed by atoms with Crippen LogP contribution >= 0.6 is 0 Å². The zero-order valence-corrected chi connectivity index (χ0v) is 13.2. The first-order chi connectivity index (χ1) is 10.7. The molecule has 2 aromatic rings. The summed E-state index contributed by atoms with van der Waals surface area (Å²) in [4.78, 5) is 2.23. The number of aromatic nitrogens is 2. The molecule has 0 aliphatic rings. The van der Waals surface area contributed by atoms with E-state index >= 15 is 0 Å². The molecule has 1 aromatic carbocycles. The van der Waals surface area contributed by atoms with Crippen LogP contribution in [0.15, 0.2) is 30.5 Å². The average molecular weight is 298 g/mol. The van der Waals surface area contributed by atoms with E-state index in [9.17, 15) is 5.11 Å². The van der Waals surface area contributed by atoms with E-state index in [1.165, 1.54) is 0 Å². The Labute approximate surface area is 131 Å². The minimum absolute atomic E-state index is 0.159. The number of hydrogen-bond acceptors (Lipinski definition) is 4. The van der Waals surface area contributed by atoms with Gasteiger partial charge in [-0.25, -0.2) is 0 Å². The second kappa shape index (κ2) is 7.74. The van der Waals surface area contributed by atoms with Crippen molar-refractivity contribution in [3.05, 3.63) is 41.6 Å². The molecule has 0 aliphatic carbocycles. The third-order valence-corrected chi connectivity index (χ3v) is 3.54. The van der Waals surface area contributed by atoms with Crippen LogP contribution in [0.5, 0.6) is 0 Å². The Morgan fingerprint density at radius 2 is 2.00 bits per heavy atom. The van der Waals surface area contributed by atoms with Gasteiger partial charge in [0.05, 0.1) is 23.9 Å². The highest BCUT2D eigenvalue weighted by Gasteiger charge is 2.13. The van der Waals surface area contributed by atoms with Gasteiger partial charge in [0, 0.05) is 37.5 Å². The second-order valence-electron chi connectivity index (χ2n) is 5.37. The first kappa shape index (κ1) is 16.2. The monoisotopic (exact) mass is 298 g/mol. The molecule has 0 fully saturated rings. The minimum Gasteiger partial charge on any atom is -0.395 e. The van der Waals surface area contributed by atoms with Gasteiger partial charge in [0.25, 0.3) is 0 Å². The van der Waals surface area contributed by atoms with Crippen molar-refractivity contribution in [2.24, 2.45) is 7.05 Å². The van der Waals surface area contributed by atoms with Crippen LogP contribution in [0.1, 0.15) is 24.5 Å². The van der Waals surface area contributed by atoms with E-state index < -0.39 is 0 Å². The number of aliphatic hydroxyl groups excluding tert-OH is 1. The fraction of sp³-hybridized carbons (Fsp3) is 0.412. The van der Waals surface area contributed by atoms with Crippen molar-refractivity contribution in [2.75, 3.05) is 19.7 Å². The highest BCUT2D eigenvalue weighted by atomic mass is 16.3. The number of benzene rings is 1. The van der Waals surface area contributed by atoms with E-state index in [2.05, 4.69) is 23.0 Å². The Kier molecular flexibility index (Phi) is 5.70. The van der Waals surface area contributed by atoms with Gasteiger partial charge in [-0.3, -0.25) is 9.58 Å². The Morgan fingerprint density at radius 3 is 2.59 bits per heavy atom. The number of hydrogen-bond donors (Lipinski definition) is 1. The number of nitrogens with zero attached hydrogens (tertiary/aromatic N) is 4. The summed E-state index contributed by atoms with van der Waals surface area (Å²) < 4.78 is 1.81. The summed E-state index contributed by atoms with van der Waals surface area (Å²) in [6, 6.07) is 9.61. The van der Waals surface area contributed by atoms with Crippen LogP contribution < -0.4 is 0 Å². The summed E-state index contributed by atoms with van der Waals surface area (Å²) in [6.07, 6.45) is 3.07. The van der Waals surface area contributed by atoms with Crippen molar-refractivity contribution >= 4 is 0 Å². The van der Waals surface area contributed by atoms with E-state index in [-0.39, 0.29) is 6.61 Å². The van der Waals surface area contributed by atoms with E-state index in [0.29, 0.717) is 12.1 Å². The van der Waals surface area contributed by atoms with Crippen molar-refractivity contribution in [1.29, 1.82) is 5.26 Å². The fourth-order valence-corrected chi connectivity index (χ4v) is 2.57. The van der Waals surface area contributed by atoms with Gasteiger partial charge in [-0.1, -0.05) is 19.1 Å². The summed E-state index contributed by atoms with van der Waals surface area (Å²) in [6.45, 7) is 4.66. The van der Waals surface area contributed by atoms with Crippen molar-refractivity contribution in [3.8, 4) is 17.3 Å². The summed E-state index contributed by atoms with van der Waals surface area (Å²) in [7, 11) is 1.91. The molecule has 0 spiro atoms. The van der Waals surface area contributed by atoms with Crippen LogP contribution in [-0.4, -0.2) is 39.5 Å². The van der Waals surface area contributed by atoms with E-state index in [1.807, 2.05) is 42.2 Å². The molecule has 0 saturated carbocycles. The van der Waals surface area contributed by atoms with Gasteiger partial charge in [-0.2, -0.15) is 10.4 Å². The van der Waals surface area contributed by atoms with Crippen LogP contribution in [0.25, 0.3) is 11.3 Å². The molecule has 1 N–H and O–H groups in total. The lowest BCUT2D eigenvalue weighted by Gasteiger charge is -2.20. The van der Waals surface area contributed by atoms with Gasteiger partial charge in [0.2, 0.25) is 0 Å². The van der Waals surface area contributed by atoms with Gasteiger partial charge >= 0.3 is 0 Å². The maximum atomic E-state index is 9.20. The maximum Gasteiger partial charge on any atom is 0.0991 e. The normalized spacial score (nSPS) is 10.9. The largest absolute Gasteiger partial charge is 0.395 e. The number of nitriles is 1. The van der Waals surface area contributed by atoms with Gasteiger partial charge in [0.15, 0.2) is 0 Å². The summed E-state index contributed by atoms with van der Waals surface area (Å²) >= 11 is 0. The molecule has 22 heavy (non-hydrogen) atoms. The van der Waals surface area contributed by atoms with Crippen LogP contribution in [0.4, 0.5) is 0 Å². The first-order valence-corrected chi connectivity index (χ1v) is 7.54. The van der Waals surface area contributed by atoms with Gasteiger partial charge in [0.1, 0.15) is 0 Å². The molecule has 2 rings (SSSR count). The third kappa shape index (κ3) is 3.94. The Hall–Kier alpha value is -2.16. The molecule has 0 bridgehead atoms. The highest BCUT2D eigenvalue weighted by molar-refractivity contribution is 5.63. The topological polar surface area (TPSA) is 65.1 Å². The SMILES string of the molecule is CCCN(CCO)Cc1cn(C)nc1-c1ccc(C#N)cc1. The van der Waals surface area contributed by atoms with Gasteiger partial charge in [-0.05, 0) is 25.1 Å². The first-order valence-electron chi connectivity index (χ1n) is 7.54. The molecule has 0 radical (unpaired) electrons. The zero-order chi connectivity index (χ0) is 15.9. The summed E-state index contributed by atoms with van der Waals surface area (Å²) in [5.74, 6) is 0. The lowest BCUT2D eigenvalue weighted by atomic mass is 10.1. The van der Waals surface area contributed by atoms with Crippen molar-refractivity contribution < 1.29 is 5.11 Å². The number of aryl methyl sites for hydroxylation is 1. The van der Waals surface area contributed by atoms with Crippen molar-refractivity contribution in [3.63, 3.8) is 0 Å². The Bertz CT molecular complexity index is 634. The van der Waals surface area contributed by atoms with Gasteiger partial charge in [-0.15, -0.1) is 0 Å². The zero-order valence-electron chi connectivity index (χ0n) is 13.2. The molecule has 116 valence electrons. The molecule has 1 aromatic heterocycles. The van der Waals surface area contributed by atoms with Crippen LogP contribution in [0.2, 0.25) is 0 Å². The van der Waals surface area contributed by atoms with Crippen LogP contribution in [-0.2, 0) is 13.6 Å². The third-order valence-electron chi connectivity index (χ3n) is 3.54. The molecule has 0 aliphatic heterocycles. The molecular weight excluding hydrogens is 276 g/mol. The van der Waals surface area contributed by atoms with E-state index in [4.69, 9.17) is 5.26 Å². The smallest absolute Gasteiger partial charge is 0.0991 e. The molecule has 0 saturated heterocycles. The quantitative estimate of drug-likeness (QED) is 0.850. The number of rotatable bonds is 7. The minimum atomic E-state index is 0.159. The van der Waals surface area contributed by atoms with Crippen LogP contribution in [0.3, 0.4) is 0 Å². The standard InChI is InChI=1S/C17H22N4O/c1-3-8-21(9-10-22)13-16-12-20(2)19-17(16)15-6-4-14(11-18)5-7-15/h4-7,12,22H,3,8-10,13H2,1-2H3. The van der Waals surface area contributed by atoms with E-state index in [1.54, 1.807) is 0 Å². The molecule has 1 heterocycles. The molecule has 0 atom stereocenters. The van der Waals surface area contributed by atoms with Crippen molar-refractivity contribution in [2.45, 2.75) is 19.9 Å². The van der Waals surface area contributed by atoms with E-state index in [0.717, 1.165) is 36.3 Å².